The van der Waals surface area contributed by atoms with E-state index >= 15 is 0 Å². The molecule has 26 heavy (non-hydrogen) atoms. The fraction of sp³-hybridized carbons (Fsp3) is 0.158. The lowest BCUT2D eigenvalue weighted by atomic mass is 10.0. The molecule has 0 aliphatic rings. The van der Waals surface area contributed by atoms with E-state index in [0.717, 1.165) is 17.0 Å². The molecule has 7 heteroatoms. The highest BCUT2D eigenvalue weighted by Gasteiger charge is 2.23. The smallest absolute Gasteiger partial charge is 0.291 e. The number of amides is 1. The van der Waals surface area contributed by atoms with Crippen molar-refractivity contribution in [3.63, 3.8) is 0 Å². The van der Waals surface area contributed by atoms with Crippen molar-refractivity contribution in [2.24, 2.45) is 0 Å². The molecule has 0 saturated carbocycles. The summed E-state index contributed by atoms with van der Waals surface area (Å²) in [4.78, 5) is 21.3. The van der Waals surface area contributed by atoms with Gasteiger partial charge in [0.05, 0.1) is 6.26 Å². The van der Waals surface area contributed by atoms with Gasteiger partial charge in [-0.15, -0.1) is 5.10 Å². The minimum atomic E-state index is -0.430. The van der Waals surface area contributed by atoms with Gasteiger partial charge in [-0.25, -0.2) is 9.50 Å². The van der Waals surface area contributed by atoms with Gasteiger partial charge in [-0.05, 0) is 37.6 Å². The first kappa shape index (κ1) is 16.0. The average Bonchev–Trinajstić information content (AvgIpc) is 3.30. The Kier molecular flexibility index (Phi) is 3.96. The Labute approximate surface area is 149 Å². The highest BCUT2D eigenvalue weighted by Crippen LogP contribution is 2.22. The van der Waals surface area contributed by atoms with Gasteiger partial charge in [0.2, 0.25) is 5.82 Å². The second-order valence-corrected chi connectivity index (χ2v) is 6.02. The van der Waals surface area contributed by atoms with Gasteiger partial charge < -0.3 is 9.73 Å². The summed E-state index contributed by atoms with van der Waals surface area (Å²) in [7, 11) is 0. The van der Waals surface area contributed by atoms with Crippen LogP contribution >= 0.6 is 0 Å². The zero-order valence-corrected chi connectivity index (χ0v) is 14.4. The van der Waals surface area contributed by atoms with Crippen LogP contribution in [0.3, 0.4) is 0 Å². The van der Waals surface area contributed by atoms with Crippen molar-refractivity contribution in [2.75, 3.05) is 0 Å². The van der Waals surface area contributed by atoms with Gasteiger partial charge in [0.15, 0.2) is 0 Å². The molecule has 1 N–H and O–H groups in total. The van der Waals surface area contributed by atoms with E-state index in [1.165, 1.54) is 0 Å². The highest BCUT2D eigenvalue weighted by atomic mass is 16.3. The van der Waals surface area contributed by atoms with Gasteiger partial charge in [-0.3, -0.25) is 4.79 Å². The fourth-order valence-electron chi connectivity index (χ4n) is 2.88. The number of rotatable bonds is 4. The number of hydrogen-bond acceptors (Lipinski definition) is 5. The molecule has 3 heterocycles. The Balaban J connectivity index is 1.68. The molecule has 1 atom stereocenters. The Morgan fingerprint density at radius 1 is 1.12 bits per heavy atom. The summed E-state index contributed by atoms with van der Waals surface area (Å²) in [5, 5.41) is 7.23. The summed E-state index contributed by atoms with van der Waals surface area (Å²) in [6.07, 6.45) is 1.58. The van der Waals surface area contributed by atoms with E-state index in [1.54, 1.807) is 16.8 Å². The minimum absolute atomic E-state index is 0.0682. The van der Waals surface area contributed by atoms with Crippen LogP contribution in [-0.2, 0) is 0 Å². The largest absolute Gasteiger partial charge is 0.467 e. The van der Waals surface area contributed by atoms with Gasteiger partial charge in [0, 0.05) is 11.4 Å². The zero-order valence-electron chi connectivity index (χ0n) is 14.4. The molecule has 130 valence electrons. The summed E-state index contributed by atoms with van der Waals surface area (Å²) < 4.78 is 7.07. The third kappa shape index (κ3) is 2.95. The summed E-state index contributed by atoms with van der Waals surface area (Å²) in [6, 6.07) is 14.7. The maximum atomic E-state index is 12.8. The first-order chi connectivity index (χ1) is 12.6. The number of hydrogen-bond donors (Lipinski definition) is 1. The van der Waals surface area contributed by atoms with E-state index in [1.807, 2.05) is 56.3 Å². The van der Waals surface area contributed by atoms with E-state index in [-0.39, 0.29) is 5.82 Å². The van der Waals surface area contributed by atoms with Crippen molar-refractivity contribution >= 4 is 11.7 Å². The summed E-state index contributed by atoms with van der Waals surface area (Å²) in [6.45, 7) is 3.78. The molecule has 0 bridgehead atoms. The predicted molar refractivity (Wildman–Crippen MR) is 94.7 cm³/mol. The molecule has 1 amide bonds. The van der Waals surface area contributed by atoms with Crippen molar-refractivity contribution in [2.45, 2.75) is 19.9 Å². The lowest BCUT2D eigenvalue weighted by Gasteiger charge is -2.16. The number of carbonyl (C=O) groups is 1. The van der Waals surface area contributed by atoms with E-state index in [4.69, 9.17) is 4.42 Å². The predicted octanol–water partition coefficient (Wildman–Crippen LogP) is 2.85. The van der Waals surface area contributed by atoms with Crippen LogP contribution in [0.4, 0.5) is 0 Å². The van der Waals surface area contributed by atoms with Gasteiger partial charge in [0.1, 0.15) is 11.8 Å². The van der Waals surface area contributed by atoms with E-state index < -0.39 is 11.9 Å². The second-order valence-electron chi connectivity index (χ2n) is 6.02. The van der Waals surface area contributed by atoms with E-state index in [0.29, 0.717) is 11.5 Å². The second kappa shape index (κ2) is 6.44. The first-order valence-electron chi connectivity index (χ1n) is 8.22. The maximum Gasteiger partial charge on any atom is 0.291 e. The van der Waals surface area contributed by atoms with Crippen LogP contribution < -0.4 is 5.32 Å². The molecule has 0 aliphatic heterocycles. The monoisotopic (exact) mass is 347 g/mol. The van der Waals surface area contributed by atoms with Crippen LogP contribution in [0.25, 0.3) is 5.78 Å². The van der Waals surface area contributed by atoms with Crippen LogP contribution in [0, 0.1) is 13.8 Å². The summed E-state index contributed by atoms with van der Waals surface area (Å²) in [5.74, 6) is 0.719. The molecule has 7 nitrogen and oxygen atoms in total. The molecule has 1 aromatic carbocycles. The molecule has 0 fully saturated rings. The number of nitrogens with one attached hydrogen (secondary N) is 1. The molecule has 3 aromatic heterocycles. The van der Waals surface area contributed by atoms with Crippen molar-refractivity contribution in [3.8, 4) is 0 Å². The molecular formula is C19H17N5O2. The fourth-order valence-corrected chi connectivity index (χ4v) is 2.88. The van der Waals surface area contributed by atoms with Crippen LogP contribution in [0.5, 0.6) is 0 Å². The normalized spacial score (nSPS) is 12.2. The molecule has 4 rings (SSSR count). The van der Waals surface area contributed by atoms with Crippen molar-refractivity contribution in [3.05, 3.63) is 83.3 Å². The number of benzene rings is 1. The topological polar surface area (TPSA) is 85.3 Å². The molecule has 1 unspecified atom stereocenters. The van der Waals surface area contributed by atoms with Crippen LogP contribution in [0.1, 0.15) is 39.4 Å². The SMILES string of the molecule is Cc1cc(C)n2nc(C(=O)NC(c3ccccc3)c3ccco3)nc2n1. The van der Waals surface area contributed by atoms with Crippen molar-refractivity contribution < 1.29 is 9.21 Å². The Hall–Kier alpha value is -3.48. The Morgan fingerprint density at radius 2 is 1.92 bits per heavy atom. The van der Waals surface area contributed by atoms with Crippen LogP contribution in [0.15, 0.2) is 59.2 Å². The average molecular weight is 347 g/mol. The number of fused-ring (bicyclic) bond motifs is 1. The quantitative estimate of drug-likeness (QED) is 0.613. The lowest BCUT2D eigenvalue weighted by molar-refractivity contribution is 0.0928. The molecular weight excluding hydrogens is 330 g/mol. The minimum Gasteiger partial charge on any atom is -0.467 e. The number of nitrogens with zero attached hydrogens (tertiary/aromatic N) is 4. The molecule has 4 aromatic rings. The van der Waals surface area contributed by atoms with Crippen LogP contribution in [0.2, 0.25) is 0 Å². The number of aromatic nitrogens is 4. The van der Waals surface area contributed by atoms with E-state index in [2.05, 4.69) is 20.4 Å². The van der Waals surface area contributed by atoms with Gasteiger partial charge in [-0.2, -0.15) is 4.98 Å². The lowest BCUT2D eigenvalue weighted by Crippen LogP contribution is -2.30. The standard InChI is InChI=1S/C19H17N5O2/c1-12-11-13(2)24-19(20-12)22-17(23-24)18(25)21-16(15-9-6-10-26-15)14-7-4-3-5-8-14/h3-11,16H,1-2H3,(H,21,25). The van der Waals surface area contributed by atoms with Crippen molar-refractivity contribution in [1.82, 2.24) is 24.9 Å². The molecule has 0 spiro atoms. The number of furan rings is 1. The Bertz CT molecular complexity index is 1050. The van der Waals surface area contributed by atoms with Gasteiger partial charge in [0.25, 0.3) is 11.7 Å². The van der Waals surface area contributed by atoms with E-state index in [9.17, 15) is 4.79 Å². The number of aryl methyl sites for hydroxylation is 2. The summed E-state index contributed by atoms with van der Waals surface area (Å²) in [5.41, 5.74) is 2.60. The molecule has 0 radical (unpaired) electrons. The third-order valence-corrected chi connectivity index (χ3v) is 4.06. The molecule has 0 saturated heterocycles. The summed E-state index contributed by atoms with van der Waals surface area (Å²) >= 11 is 0. The van der Waals surface area contributed by atoms with Crippen molar-refractivity contribution in [1.29, 1.82) is 0 Å². The maximum absolute atomic E-state index is 12.8. The zero-order chi connectivity index (χ0) is 18.1. The van der Waals surface area contributed by atoms with Gasteiger partial charge >= 0.3 is 0 Å². The first-order valence-corrected chi connectivity index (χ1v) is 8.22. The highest BCUT2D eigenvalue weighted by molar-refractivity contribution is 5.91. The van der Waals surface area contributed by atoms with Crippen LogP contribution in [-0.4, -0.2) is 25.5 Å². The molecule has 0 aliphatic carbocycles. The number of carbonyl (C=O) groups excluding carboxylic acids is 1. The third-order valence-electron chi connectivity index (χ3n) is 4.06. The van der Waals surface area contributed by atoms with Gasteiger partial charge in [-0.1, -0.05) is 30.3 Å². The Morgan fingerprint density at radius 3 is 2.65 bits per heavy atom.